The second-order valence-electron chi connectivity index (χ2n) is 7.24. The molecule has 31 heavy (non-hydrogen) atoms. The van der Waals surface area contributed by atoms with Crippen LogP contribution in [0, 0.1) is 0 Å². The lowest BCUT2D eigenvalue weighted by Gasteiger charge is -2.27. The van der Waals surface area contributed by atoms with E-state index in [4.69, 9.17) is 4.74 Å². The molecule has 1 aliphatic rings. The molecule has 1 aromatic heterocycles. The maximum Gasteiger partial charge on any atom is 0.417 e. The van der Waals surface area contributed by atoms with Crippen LogP contribution in [0.3, 0.4) is 0 Å². The average Bonchev–Trinajstić information content (AvgIpc) is 2.76. The van der Waals surface area contributed by atoms with E-state index in [1.165, 1.54) is 30.6 Å². The molecule has 0 spiro atoms. The molecule has 4 rings (SSSR count). The first-order valence-electron chi connectivity index (χ1n) is 9.69. The summed E-state index contributed by atoms with van der Waals surface area (Å²) in [5.74, 6) is -0.500. The number of halogens is 3. The van der Waals surface area contributed by atoms with Gasteiger partial charge >= 0.3 is 12.1 Å². The van der Waals surface area contributed by atoms with Crippen molar-refractivity contribution in [1.82, 2.24) is 4.98 Å². The van der Waals surface area contributed by atoms with E-state index >= 15 is 0 Å². The smallest absolute Gasteiger partial charge is 0.417 e. The molecule has 0 fully saturated rings. The van der Waals surface area contributed by atoms with Crippen molar-refractivity contribution in [2.45, 2.75) is 18.5 Å². The Hall–Kier alpha value is -3.55. The SMILES string of the molecule is O=C(O)c1ccncc1NCC1CCOc2cc(-c3ccccc3C(F)(F)F)ccc21. The Morgan fingerprint density at radius 3 is 2.77 bits per heavy atom. The minimum absolute atomic E-state index is 0.0116. The van der Waals surface area contributed by atoms with Gasteiger partial charge in [-0.25, -0.2) is 4.79 Å². The predicted molar refractivity (Wildman–Crippen MR) is 109 cm³/mol. The number of carbonyl (C=O) groups is 1. The molecule has 0 saturated heterocycles. The van der Waals surface area contributed by atoms with Crippen LogP contribution in [0.2, 0.25) is 0 Å². The molecule has 0 amide bonds. The summed E-state index contributed by atoms with van der Waals surface area (Å²) in [4.78, 5) is 15.3. The number of alkyl halides is 3. The van der Waals surface area contributed by atoms with Crippen molar-refractivity contribution in [2.24, 2.45) is 0 Å². The number of carboxylic acids is 1. The molecule has 0 saturated carbocycles. The van der Waals surface area contributed by atoms with E-state index in [1.807, 2.05) is 0 Å². The molecule has 0 radical (unpaired) electrons. The van der Waals surface area contributed by atoms with E-state index in [1.54, 1.807) is 24.3 Å². The van der Waals surface area contributed by atoms with E-state index in [9.17, 15) is 23.1 Å². The predicted octanol–water partition coefficient (Wildman–Crippen LogP) is 5.44. The molecule has 2 aromatic carbocycles. The van der Waals surface area contributed by atoms with E-state index in [0.717, 1.165) is 11.6 Å². The fourth-order valence-corrected chi connectivity index (χ4v) is 3.78. The van der Waals surface area contributed by atoms with Crippen molar-refractivity contribution >= 4 is 11.7 Å². The largest absolute Gasteiger partial charge is 0.493 e. The van der Waals surface area contributed by atoms with Crippen LogP contribution in [0.25, 0.3) is 11.1 Å². The molecule has 0 bridgehead atoms. The van der Waals surface area contributed by atoms with Gasteiger partial charge in [-0.05, 0) is 41.3 Å². The molecule has 1 atom stereocenters. The van der Waals surface area contributed by atoms with Gasteiger partial charge in [0, 0.05) is 18.7 Å². The zero-order valence-corrected chi connectivity index (χ0v) is 16.3. The number of hydrogen-bond acceptors (Lipinski definition) is 4. The summed E-state index contributed by atoms with van der Waals surface area (Å²) in [6.07, 6.45) is -0.883. The normalized spacial score (nSPS) is 15.6. The van der Waals surface area contributed by atoms with Crippen LogP contribution >= 0.6 is 0 Å². The highest BCUT2D eigenvalue weighted by Gasteiger charge is 2.33. The van der Waals surface area contributed by atoms with Gasteiger partial charge in [-0.15, -0.1) is 0 Å². The van der Waals surface area contributed by atoms with Gasteiger partial charge in [-0.3, -0.25) is 4.98 Å². The summed E-state index contributed by atoms with van der Waals surface area (Å²) in [7, 11) is 0. The third-order valence-electron chi connectivity index (χ3n) is 5.31. The molecule has 160 valence electrons. The van der Waals surface area contributed by atoms with Crippen LogP contribution < -0.4 is 10.1 Å². The monoisotopic (exact) mass is 428 g/mol. The molecule has 3 aromatic rings. The number of anilines is 1. The van der Waals surface area contributed by atoms with Crippen molar-refractivity contribution < 1.29 is 27.8 Å². The number of nitrogens with zero attached hydrogens (tertiary/aromatic N) is 1. The lowest BCUT2D eigenvalue weighted by molar-refractivity contribution is -0.137. The number of aromatic carboxylic acids is 1. The number of aromatic nitrogens is 1. The number of benzene rings is 2. The number of nitrogens with one attached hydrogen (secondary N) is 1. The first-order valence-corrected chi connectivity index (χ1v) is 9.69. The van der Waals surface area contributed by atoms with E-state index in [0.29, 0.717) is 36.6 Å². The van der Waals surface area contributed by atoms with Gasteiger partial charge in [0.15, 0.2) is 0 Å². The molecule has 0 aliphatic carbocycles. The summed E-state index contributed by atoms with van der Waals surface area (Å²) >= 11 is 0. The quantitative estimate of drug-likeness (QED) is 0.566. The zero-order valence-electron chi connectivity index (χ0n) is 16.3. The van der Waals surface area contributed by atoms with Crippen LogP contribution in [-0.2, 0) is 6.18 Å². The van der Waals surface area contributed by atoms with Crippen LogP contribution in [-0.4, -0.2) is 29.2 Å². The summed E-state index contributed by atoms with van der Waals surface area (Å²) in [5, 5.41) is 12.4. The maximum absolute atomic E-state index is 13.4. The highest BCUT2D eigenvalue weighted by Crippen LogP contribution is 2.41. The van der Waals surface area contributed by atoms with Crippen LogP contribution in [0.5, 0.6) is 5.75 Å². The minimum atomic E-state index is -4.45. The summed E-state index contributed by atoms with van der Waals surface area (Å²) in [6, 6.07) is 12.0. The number of hydrogen-bond donors (Lipinski definition) is 2. The number of carboxylic acid groups (broad SMARTS) is 1. The standard InChI is InChI=1S/C23H19F3N2O3/c24-23(25,26)19-4-2-1-3-16(19)14-5-6-17-15(8-10-31-21(17)11-14)12-28-20-13-27-9-7-18(20)22(29)30/h1-7,9,11,13,15,28H,8,10,12H2,(H,29,30). The number of fused-ring (bicyclic) bond motifs is 1. The third-order valence-corrected chi connectivity index (χ3v) is 5.31. The van der Waals surface area contributed by atoms with Crippen molar-refractivity contribution in [3.05, 3.63) is 77.6 Å². The van der Waals surface area contributed by atoms with Crippen molar-refractivity contribution in [1.29, 1.82) is 0 Å². The van der Waals surface area contributed by atoms with Crippen LogP contribution in [0.1, 0.15) is 33.8 Å². The molecule has 5 nitrogen and oxygen atoms in total. The second kappa shape index (κ2) is 8.29. The van der Waals surface area contributed by atoms with Gasteiger partial charge in [-0.1, -0.05) is 30.3 Å². The highest BCUT2D eigenvalue weighted by molar-refractivity contribution is 5.93. The highest BCUT2D eigenvalue weighted by atomic mass is 19.4. The Bertz CT molecular complexity index is 1120. The number of rotatable bonds is 5. The topological polar surface area (TPSA) is 71.5 Å². The van der Waals surface area contributed by atoms with E-state index in [-0.39, 0.29) is 17.0 Å². The first kappa shape index (κ1) is 20.7. The van der Waals surface area contributed by atoms with E-state index in [2.05, 4.69) is 10.3 Å². The van der Waals surface area contributed by atoms with Crippen molar-refractivity contribution in [3.8, 4) is 16.9 Å². The Morgan fingerprint density at radius 2 is 2.00 bits per heavy atom. The molecule has 1 unspecified atom stereocenters. The van der Waals surface area contributed by atoms with Gasteiger partial charge in [-0.2, -0.15) is 13.2 Å². The maximum atomic E-state index is 13.4. The van der Waals surface area contributed by atoms with Crippen molar-refractivity contribution in [2.75, 3.05) is 18.5 Å². The lowest BCUT2D eigenvalue weighted by atomic mass is 9.90. The third kappa shape index (κ3) is 4.33. The second-order valence-corrected chi connectivity index (χ2v) is 7.24. The number of ether oxygens (including phenoxy) is 1. The van der Waals surface area contributed by atoms with Gasteiger partial charge in [0.25, 0.3) is 0 Å². The Balaban J connectivity index is 1.60. The van der Waals surface area contributed by atoms with Crippen LogP contribution in [0.15, 0.2) is 60.9 Å². The fraction of sp³-hybridized carbons (Fsp3) is 0.217. The van der Waals surface area contributed by atoms with Crippen molar-refractivity contribution in [3.63, 3.8) is 0 Å². The molecule has 2 heterocycles. The fourth-order valence-electron chi connectivity index (χ4n) is 3.78. The molecule has 1 aliphatic heterocycles. The Morgan fingerprint density at radius 1 is 1.19 bits per heavy atom. The summed E-state index contributed by atoms with van der Waals surface area (Å²) < 4.78 is 45.9. The van der Waals surface area contributed by atoms with Gasteiger partial charge < -0.3 is 15.2 Å². The van der Waals surface area contributed by atoms with Gasteiger partial charge in [0.1, 0.15) is 5.75 Å². The molecule has 8 heteroatoms. The minimum Gasteiger partial charge on any atom is -0.493 e. The Kier molecular flexibility index (Phi) is 5.54. The summed E-state index contributed by atoms with van der Waals surface area (Å²) in [6.45, 7) is 0.864. The van der Waals surface area contributed by atoms with Gasteiger partial charge in [0.05, 0.1) is 29.6 Å². The number of pyridine rings is 1. The average molecular weight is 428 g/mol. The zero-order chi connectivity index (χ0) is 22.0. The van der Waals surface area contributed by atoms with E-state index < -0.39 is 17.7 Å². The van der Waals surface area contributed by atoms with Crippen LogP contribution in [0.4, 0.5) is 18.9 Å². The summed E-state index contributed by atoms with van der Waals surface area (Å²) in [5.41, 5.74) is 1.25. The molecular formula is C23H19F3N2O3. The molecule has 2 N–H and O–H groups in total. The van der Waals surface area contributed by atoms with Gasteiger partial charge in [0.2, 0.25) is 0 Å². The Labute approximate surface area is 176 Å². The first-order chi connectivity index (χ1) is 14.8. The molecular weight excluding hydrogens is 409 g/mol. The lowest BCUT2D eigenvalue weighted by Crippen LogP contribution is -2.21.